The fourth-order valence-electron chi connectivity index (χ4n) is 3.57. The van der Waals surface area contributed by atoms with Crippen LogP contribution in [0.25, 0.3) is 10.9 Å². The van der Waals surface area contributed by atoms with Crippen molar-refractivity contribution in [3.8, 4) is 0 Å². The zero-order chi connectivity index (χ0) is 17.0. The molecule has 0 radical (unpaired) electrons. The lowest BCUT2D eigenvalue weighted by molar-refractivity contribution is -0.121. The Bertz CT molecular complexity index is 683. The minimum Gasteiger partial charge on any atom is -0.354 e. The van der Waals surface area contributed by atoms with E-state index in [4.69, 9.17) is 0 Å². The van der Waals surface area contributed by atoms with Crippen molar-refractivity contribution in [1.29, 1.82) is 0 Å². The number of hydrogen-bond donors (Lipinski definition) is 1. The molecule has 1 fully saturated rings. The highest BCUT2D eigenvalue weighted by Crippen LogP contribution is 2.20. The van der Waals surface area contributed by atoms with Crippen LogP contribution in [0, 0.1) is 0 Å². The first-order valence-electron chi connectivity index (χ1n) is 9.12. The summed E-state index contributed by atoms with van der Waals surface area (Å²) in [6.45, 7) is 8.22. The van der Waals surface area contributed by atoms with Gasteiger partial charge in [0.15, 0.2) is 0 Å². The molecule has 1 aromatic heterocycles. The number of fused-ring (bicyclic) bond motifs is 1. The summed E-state index contributed by atoms with van der Waals surface area (Å²) in [6, 6.07) is 10.4. The lowest BCUT2D eigenvalue weighted by Crippen LogP contribution is -2.53. The van der Waals surface area contributed by atoms with Crippen LogP contribution < -0.4 is 5.32 Å². The van der Waals surface area contributed by atoms with E-state index in [-0.39, 0.29) is 11.4 Å². The summed E-state index contributed by atoms with van der Waals surface area (Å²) in [5.41, 5.74) is 1.23. The Morgan fingerprint density at radius 1 is 1.12 bits per heavy atom. The number of hydrogen-bond acceptors (Lipinski definition) is 2. The number of nitrogens with one attached hydrogen (secondary N) is 1. The van der Waals surface area contributed by atoms with E-state index in [1.807, 2.05) is 12.1 Å². The van der Waals surface area contributed by atoms with Gasteiger partial charge in [-0.05, 0) is 57.3 Å². The van der Waals surface area contributed by atoms with Crippen molar-refractivity contribution in [3.63, 3.8) is 0 Å². The van der Waals surface area contributed by atoms with Gasteiger partial charge in [0.2, 0.25) is 5.91 Å². The number of amides is 1. The lowest BCUT2D eigenvalue weighted by Gasteiger charge is -2.41. The number of para-hydroxylation sites is 1. The Kier molecular flexibility index (Phi) is 5.24. The third-order valence-electron chi connectivity index (χ3n) is 5.19. The van der Waals surface area contributed by atoms with Gasteiger partial charge < -0.3 is 9.88 Å². The molecule has 0 bridgehead atoms. The van der Waals surface area contributed by atoms with Gasteiger partial charge >= 0.3 is 0 Å². The Morgan fingerprint density at radius 2 is 1.88 bits per heavy atom. The minimum absolute atomic E-state index is 0.0379. The number of likely N-dealkylation sites (tertiary alicyclic amines) is 1. The van der Waals surface area contributed by atoms with Gasteiger partial charge in [0.05, 0.1) is 0 Å². The van der Waals surface area contributed by atoms with Gasteiger partial charge in [-0.15, -0.1) is 0 Å². The standard InChI is InChI=1S/C20H29N3O/c1-20(2,23-12-6-3-7-13-23)16-21-19(24)11-15-22-14-10-17-8-4-5-9-18(17)22/h4-5,8-10,14H,3,6-7,11-13,15-16H2,1-2H3,(H,21,24). The number of carbonyl (C=O) groups is 1. The maximum atomic E-state index is 12.3. The van der Waals surface area contributed by atoms with E-state index in [9.17, 15) is 4.79 Å². The summed E-state index contributed by atoms with van der Waals surface area (Å²) in [5, 5.41) is 4.36. The maximum Gasteiger partial charge on any atom is 0.221 e. The number of nitrogens with zero attached hydrogens (tertiary/aromatic N) is 2. The molecule has 2 heterocycles. The average Bonchev–Trinajstić information content (AvgIpc) is 3.02. The van der Waals surface area contributed by atoms with Crippen LogP contribution in [0.1, 0.15) is 39.5 Å². The van der Waals surface area contributed by atoms with Crippen LogP contribution in [0.15, 0.2) is 36.5 Å². The van der Waals surface area contributed by atoms with Crippen LogP contribution >= 0.6 is 0 Å². The van der Waals surface area contributed by atoms with E-state index in [0.717, 1.165) is 26.2 Å². The Balaban J connectivity index is 1.49. The topological polar surface area (TPSA) is 37.3 Å². The third kappa shape index (κ3) is 3.99. The lowest BCUT2D eigenvalue weighted by atomic mass is 9.98. The number of rotatable bonds is 6. The molecule has 0 spiro atoms. The molecule has 1 aromatic carbocycles. The summed E-state index contributed by atoms with van der Waals surface area (Å²) >= 11 is 0. The Hall–Kier alpha value is -1.81. The fourth-order valence-corrected chi connectivity index (χ4v) is 3.57. The third-order valence-corrected chi connectivity index (χ3v) is 5.19. The molecule has 2 aromatic rings. The smallest absolute Gasteiger partial charge is 0.221 e. The van der Waals surface area contributed by atoms with Gasteiger partial charge in [0.25, 0.3) is 0 Å². The predicted octanol–water partition coefficient (Wildman–Crippen LogP) is 3.41. The molecule has 4 heteroatoms. The summed E-state index contributed by atoms with van der Waals surface area (Å²) in [6.07, 6.45) is 6.48. The van der Waals surface area contributed by atoms with Crippen molar-refractivity contribution in [1.82, 2.24) is 14.8 Å². The van der Waals surface area contributed by atoms with Crippen LogP contribution in [0.4, 0.5) is 0 Å². The van der Waals surface area contributed by atoms with Crippen molar-refractivity contribution in [2.75, 3.05) is 19.6 Å². The first-order chi connectivity index (χ1) is 11.6. The molecule has 0 unspecified atom stereocenters. The van der Waals surface area contributed by atoms with Gasteiger partial charge in [-0.2, -0.15) is 0 Å². The zero-order valence-corrected chi connectivity index (χ0v) is 14.9. The summed E-state index contributed by atoms with van der Waals surface area (Å²) in [7, 11) is 0. The molecule has 0 saturated carbocycles. The fraction of sp³-hybridized carbons (Fsp3) is 0.550. The monoisotopic (exact) mass is 327 g/mol. The number of aryl methyl sites for hydroxylation is 1. The molecule has 130 valence electrons. The Labute approximate surface area is 144 Å². The number of piperidine rings is 1. The predicted molar refractivity (Wildman–Crippen MR) is 99.1 cm³/mol. The van der Waals surface area contributed by atoms with Crippen LogP contribution in [0.2, 0.25) is 0 Å². The molecule has 1 N–H and O–H groups in total. The second-order valence-corrected chi connectivity index (χ2v) is 7.45. The van der Waals surface area contributed by atoms with Crippen LogP contribution in [0.5, 0.6) is 0 Å². The SMILES string of the molecule is CC(C)(CNC(=O)CCn1ccc2ccccc21)N1CCCCC1. The second-order valence-electron chi connectivity index (χ2n) is 7.45. The molecule has 1 aliphatic rings. The van der Waals surface area contributed by atoms with Gasteiger partial charge in [-0.25, -0.2) is 0 Å². The molecule has 24 heavy (non-hydrogen) atoms. The highest BCUT2D eigenvalue weighted by Gasteiger charge is 2.28. The molecular formula is C20H29N3O. The summed E-state index contributed by atoms with van der Waals surface area (Å²) in [5.74, 6) is 0.137. The van der Waals surface area contributed by atoms with Crippen molar-refractivity contribution in [2.45, 2.75) is 51.6 Å². The molecule has 3 rings (SSSR count). The molecule has 1 saturated heterocycles. The van der Waals surface area contributed by atoms with Crippen molar-refractivity contribution >= 4 is 16.8 Å². The highest BCUT2D eigenvalue weighted by atomic mass is 16.1. The zero-order valence-electron chi connectivity index (χ0n) is 14.9. The second kappa shape index (κ2) is 7.39. The summed E-state index contributed by atoms with van der Waals surface area (Å²) in [4.78, 5) is 14.8. The number of carbonyl (C=O) groups excluding carboxylic acids is 1. The van der Waals surface area contributed by atoms with E-state index >= 15 is 0 Å². The molecule has 1 aliphatic heterocycles. The van der Waals surface area contributed by atoms with Crippen molar-refractivity contribution < 1.29 is 4.79 Å². The number of benzene rings is 1. The van der Waals surface area contributed by atoms with Crippen LogP contribution in [-0.4, -0.2) is 40.5 Å². The summed E-state index contributed by atoms with van der Waals surface area (Å²) < 4.78 is 2.16. The van der Waals surface area contributed by atoms with E-state index in [1.54, 1.807) is 0 Å². The first-order valence-corrected chi connectivity index (χ1v) is 9.12. The minimum atomic E-state index is 0.0379. The van der Waals surface area contributed by atoms with Gasteiger partial charge in [0, 0.05) is 36.8 Å². The Morgan fingerprint density at radius 3 is 2.67 bits per heavy atom. The molecule has 0 atom stereocenters. The van der Waals surface area contributed by atoms with E-state index < -0.39 is 0 Å². The normalized spacial score (nSPS) is 16.4. The van der Waals surface area contributed by atoms with Crippen molar-refractivity contribution in [2.24, 2.45) is 0 Å². The van der Waals surface area contributed by atoms with Crippen LogP contribution in [-0.2, 0) is 11.3 Å². The van der Waals surface area contributed by atoms with E-state index in [2.05, 4.69) is 53.0 Å². The quantitative estimate of drug-likeness (QED) is 0.883. The van der Waals surface area contributed by atoms with Crippen molar-refractivity contribution in [3.05, 3.63) is 36.5 Å². The first kappa shape index (κ1) is 17.0. The maximum absolute atomic E-state index is 12.3. The molecule has 1 amide bonds. The highest BCUT2D eigenvalue weighted by molar-refractivity contribution is 5.80. The van der Waals surface area contributed by atoms with Crippen LogP contribution in [0.3, 0.4) is 0 Å². The van der Waals surface area contributed by atoms with E-state index in [1.165, 1.54) is 30.2 Å². The van der Waals surface area contributed by atoms with Gasteiger partial charge in [-0.3, -0.25) is 9.69 Å². The molecular weight excluding hydrogens is 298 g/mol. The molecule has 4 nitrogen and oxygen atoms in total. The average molecular weight is 327 g/mol. The number of aromatic nitrogens is 1. The van der Waals surface area contributed by atoms with Gasteiger partial charge in [-0.1, -0.05) is 24.6 Å². The largest absolute Gasteiger partial charge is 0.354 e. The van der Waals surface area contributed by atoms with E-state index in [0.29, 0.717) is 6.42 Å². The molecule has 0 aliphatic carbocycles. The van der Waals surface area contributed by atoms with Gasteiger partial charge in [0.1, 0.15) is 0 Å².